The number of amides is 2. The van der Waals surface area contributed by atoms with E-state index >= 15 is 0 Å². The number of urea groups is 1. The molecule has 4 aromatic rings. The smallest absolute Gasteiger partial charge is 0.322 e. The Bertz CT molecular complexity index is 1440. The van der Waals surface area contributed by atoms with Crippen LogP contribution >= 0.6 is 11.6 Å². The molecule has 0 aliphatic carbocycles. The minimum atomic E-state index is -0.504. The van der Waals surface area contributed by atoms with Gasteiger partial charge in [-0.25, -0.2) is 9.78 Å². The number of fused-ring (bicyclic) bond motifs is 1. The molecule has 0 saturated carbocycles. The molecule has 192 valence electrons. The third-order valence-electron chi connectivity index (χ3n) is 6.31. The van der Waals surface area contributed by atoms with Gasteiger partial charge in [-0.1, -0.05) is 49.6 Å². The van der Waals surface area contributed by atoms with Crippen molar-refractivity contribution in [2.75, 3.05) is 19.0 Å². The van der Waals surface area contributed by atoms with Crippen molar-refractivity contribution in [1.82, 2.24) is 14.5 Å². The van der Waals surface area contributed by atoms with E-state index in [9.17, 15) is 9.59 Å². The van der Waals surface area contributed by atoms with Gasteiger partial charge in [0.05, 0.1) is 29.7 Å². The Labute approximate surface area is 221 Å². The largest absolute Gasteiger partial charge is 0.497 e. The first kappa shape index (κ1) is 26.2. The van der Waals surface area contributed by atoms with Crippen LogP contribution in [-0.4, -0.2) is 34.1 Å². The molecule has 1 N–H and O–H groups in total. The lowest BCUT2D eigenvalue weighted by atomic mass is 10.1. The van der Waals surface area contributed by atoms with Gasteiger partial charge in [0.2, 0.25) is 0 Å². The van der Waals surface area contributed by atoms with Crippen LogP contribution in [0.25, 0.3) is 16.6 Å². The minimum absolute atomic E-state index is 0.193. The molecule has 1 atom stereocenters. The summed E-state index contributed by atoms with van der Waals surface area (Å²) in [7, 11) is 1.60. The number of carbonyl (C=O) groups is 1. The molecule has 0 fully saturated rings. The lowest BCUT2D eigenvalue weighted by Gasteiger charge is -2.31. The molecular formula is C29H31ClN4O3. The second kappa shape index (κ2) is 11.9. The standard InChI is InChI=1S/C29H31ClN4O3/c1-4-5-8-18-33(29(36)31-22-11-9-10-21(30)19-22)20(2)27-32-26-13-7-6-12-25(26)28(35)34(27)23-14-16-24(37-3)17-15-23/h6-7,9-17,19-20H,4-5,8,18H2,1-3H3,(H,31,36). The van der Waals surface area contributed by atoms with Gasteiger partial charge < -0.3 is 15.0 Å². The van der Waals surface area contributed by atoms with E-state index in [0.717, 1.165) is 19.3 Å². The highest BCUT2D eigenvalue weighted by atomic mass is 35.5. The van der Waals surface area contributed by atoms with Crippen LogP contribution in [0.15, 0.2) is 77.6 Å². The highest BCUT2D eigenvalue weighted by Crippen LogP contribution is 2.26. The van der Waals surface area contributed by atoms with Crippen molar-refractivity contribution in [3.05, 3.63) is 94.0 Å². The molecule has 1 heterocycles. The molecule has 37 heavy (non-hydrogen) atoms. The summed E-state index contributed by atoms with van der Waals surface area (Å²) in [5.74, 6) is 1.16. The molecule has 0 radical (unpaired) electrons. The van der Waals surface area contributed by atoms with Crippen LogP contribution in [0.5, 0.6) is 5.75 Å². The SMILES string of the molecule is CCCCCN(C(=O)Nc1cccc(Cl)c1)C(C)c1nc2ccccc2c(=O)n1-c1ccc(OC)cc1. The van der Waals surface area contributed by atoms with Crippen LogP contribution in [0, 0.1) is 0 Å². The number of anilines is 1. The van der Waals surface area contributed by atoms with Crippen molar-refractivity contribution in [3.8, 4) is 11.4 Å². The number of aromatic nitrogens is 2. The van der Waals surface area contributed by atoms with Crippen LogP contribution in [0.4, 0.5) is 10.5 Å². The lowest BCUT2D eigenvalue weighted by molar-refractivity contribution is 0.187. The number of methoxy groups -OCH3 is 1. The number of nitrogens with one attached hydrogen (secondary N) is 1. The fourth-order valence-corrected chi connectivity index (χ4v) is 4.51. The van der Waals surface area contributed by atoms with Crippen molar-refractivity contribution in [2.24, 2.45) is 0 Å². The second-order valence-corrected chi connectivity index (χ2v) is 9.28. The summed E-state index contributed by atoms with van der Waals surface area (Å²) < 4.78 is 6.89. The van der Waals surface area contributed by atoms with Crippen LogP contribution in [-0.2, 0) is 0 Å². The number of benzene rings is 3. The van der Waals surface area contributed by atoms with Gasteiger partial charge >= 0.3 is 6.03 Å². The van der Waals surface area contributed by atoms with Crippen LogP contribution in [0.1, 0.15) is 45.0 Å². The average Bonchev–Trinajstić information content (AvgIpc) is 2.91. The number of para-hydroxylation sites is 1. The summed E-state index contributed by atoms with van der Waals surface area (Å²) >= 11 is 6.13. The zero-order valence-corrected chi connectivity index (χ0v) is 22.0. The Morgan fingerprint density at radius 3 is 2.54 bits per heavy atom. The van der Waals surface area contributed by atoms with E-state index in [1.165, 1.54) is 0 Å². The van der Waals surface area contributed by atoms with E-state index in [1.807, 2.05) is 37.3 Å². The molecule has 2 amide bonds. The first-order chi connectivity index (χ1) is 17.9. The van der Waals surface area contributed by atoms with Gasteiger partial charge in [-0.05, 0) is 67.9 Å². The predicted octanol–water partition coefficient (Wildman–Crippen LogP) is 6.83. The highest BCUT2D eigenvalue weighted by molar-refractivity contribution is 6.30. The molecule has 3 aromatic carbocycles. The van der Waals surface area contributed by atoms with E-state index in [1.54, 1.807) is 59.0 Å². The number of ether oxygens (including phenoxy) is 1. The quantitative estimate of drug-likeness (QED) is 0.246. The Morgan fingerprint density at radius 1 is 1.08 bits per heavy atom. The molecule has 0 bridgehead atoms. The maximum Gasteiger partial charge on any atom is 0.322 e. The van der Waals surface area contributed by atoms with Crippen LogP contribution < -0.4 is 15.6 Å². The molecule has 0 aliphatic heterocycles. The lowest BCUT2D eigenvalue weighted by Crippen LogP contribution is -2.40. The Hall–Kier alpha value is -3.84. The molecule has 7 nitrogen and oxygen atoms in total. The fourth-order valence-electron chi connectivity index (χ4n) is 4.32. The molecule has 4 rings (SSSR count). The average molecular weight is 519 g/mol. The highest BCUT2D eigenvalue weighted by Gasteiger charge is 2.27. The summed E-state index contributed by atoms with van der Waals surface area (Å²) in [6, 6.07) is 20.8. The molecule has 0 aliphatic rings. The maximum absolute atomic E-state index is 13.7. The Balaban J connectivity index is 1.81. The van der Waals surface area contributed by atoms with E-state index in [2.05, 4.69) is 12.2 Å². The summed E-state index contributed by atoms with van der Waals surface area (Å²) in [5, 5.41) is 4.00. The number of unbranched alkanes of at least 4 members (excludes halogenated alkanes) is 2. The van der Waals surface area contributed by atoms with Crippen LogP contribution in [0.2, 0.25) is 5.02 Å². The monoisotopic (exact) mass is 518 g/mol. The van der Waals surface area contributed by atoms with Gasteiger partial charge in [0.1, 0.15) is 11.6 Å². The maximum atomic E-state index is 13.7. The molecule has 0 saturated heterocycles. The van der Waals surface area contributed by atoms with Gasteiger partial charge in [0.15, 0.2) is 0 Å². The molecule has 0 spiro atoms. The van der Waals surface area contributed by atoms with E-state index in [0.29, 0.717) is 45.4 Å². The van der Waals surface area contributed by atoms with E-state index in [-0.39, 0.29) is 11.6 Å². The molecule has 8 heteroatoms. The van der Waals surface area contributed by atoms with Crippen molar-refractivity contribution in [2.45, 2.75) is 39.2 Å². The Kier molecular flexibility index (Phi) is 8.46. The van der Waals surface area contributed by atoms with Gasteiger partial charge in [0.25, 0.3) is 5.56 Å². The number of hydrogen-bond acceptors (Lipinski definition) is 4. The number of carbonyl (C=O) groups excluding carboxylic acids is 1. The van der Waals surface area contributed by atoms with Gasteiger partial charge in [0, 0.05) is 17.3 Å². The Morgan fingerprint density at radius 2 is 1.84 bits per heavy atom. The fraction of sp³-hybridized carbons (Fsp3) is 0.276. The first-order valence-electron chi connectivity index (χ1n) is 12.4. The predicted molar refractivity (Wildman–Crippen MR) is 149 cm³/mol. The van der Waals surface area contributed by atoms with Crippen molar-refractivity contribution in [3.63, 3.8) is 0 Å². The van der Waals surface area contributed by atoms with Gasteiger partial charge in [-0.3, -0.25) is 9.36 Å². The topological polar surface area (TPSA) is 76.5 Å². The summed E-state index contributed by atoms with van der Waals surface area (Å²) in [4.78, 5) is 33.9. The molecule has 1 unspecified atom stereocenters. The number of nitrogens with zero attached hydrogens (tertiary/aromatic N) is 3. The van der Waals surface area contributed by atoms with Crippen LogP contribution in [0.3, 0.4) is 0 Å². The van der Waals surface area contributed by atoms with Gasteiger partial charge in [-0.2, -0.15) is 0 Å². The van der Waals surface area contributed by atoms with E-state index < -0.39 is 6.04 Å². The summed E-state index contributed by atoms with van der Waals surface area (Å²) in [5.41, 5.74) is 1.64. The second-order valence-electron chi connectivity index (χ2n) is 8.84. The third-order valence-corrected chi connectivity index (χ3v) is 6.55. The summed E-state index contributed by atoms with van der Waals surface area (Å²) in [6.07, 6.45) is 2.82. The first-order valence-corrected chi connectivity index (χ1v) is 12.8. The van der Waals surface area contributed by atoms with Gasteiger partial charge in [-0.15, -0.1) is 0 Å². The van der Waals surface area contributed by atoms with Crippen molar-refractivity contribution >= 4 is 34.2 Å². The normalized spacial score (nSPS) is 11.8. The zero-order valence-electron chi connectivity index (χ0n) is 21.3. The summed E-state index contributed by atoms with van der Waals surface area (Å²) in [6.45, 7) is 4.53. The van der Waals surface area contributed by atoms with Crippen molar-refractivity contribution in [1.29, 1.82) is 0 Å². The molecular weight excluding hydrogens is 488 g/mol. The number of rotatable bonds is 9. The number of hydrogen-bond donors (Lipinski definition) is 1. The van der Waals surface area contributed by atoms with Crippen molar-refractivity contribution < 1.29 is 9.53 Å². The third kappa shape index (κ3) is 5.94. The van der Waals surface area contributed by atoms with E-state index in [4.69, 9.17) is 21.3 Å². The minimum Gasteiger partial charge on any atom is -0.497 e. The number of halogens is 1. The zero-order chi connectivity index (χ0) is 26.4. The molecule has 1 aromatic heterocycles.